The summed E-state index contributed by atoms with van der Waals surface area (Å²) < 4.78 is 0. The van der Waals surface area contributed by atoms with E-state index in [1.54, 1.807) is 6.07 Å². The molecule has 0 aliphatic carbocycles. The third kappa shape index (κ3) is 2.45. The van der Waals surface area contributed by atoms with Crippen LogP contribution < -0.4 is 5.32 Å². The van der Waals surface area contributed by atoms with Gasteiger partial charge in [0.2, 0.25) is 11.8 Å². The van der Waals surface area contributed by atoms with Crippen LogP contribution in [-0.4, -0.2) is 32.9 Å². The quantitative estimate of drug-likeness (QED) is 0.792. The molecule has 3 rings (SSSR count). The van der Waals surface area contributed by atoms with Gasteiger partial charge in [0.15, 0.2) is 0 Å². The maximum atomic E-state index is 11.8. The highest BCUT2D eigenvalue weighted by molar-refractivity contribution is 6.00. The molecule has 0 bridgehead atoms. The van der Waals surface area contributed by atoms with Gasteiger partial charge in [0.1, 0.15) is 5.82 Å². The fourth-order valence-corrected chi connectivity index (χ4v) is 2.29. The molecule has 1 aliphatic heterocycles. The molecule has 0 spiro atoms. The first kappa shape index (κ1) is 13.2. The Morgan fingerprint density at radius 3 is 2.86 bits per heavy atom. The zero-order valence-corrected chi connectivity index (χ0v) is 10.9. The number of imide groups is 1. The number of carboxylic acid groups (broad SMARTS) is 1. The third-order valence-electron chi connectivity index (χ3n) is 3.40. The van der Waals surface area contributed by atoms with E-state index in [1.165, 1.54) is 18.3 Å². The van der Waals surface area contributed by atoms with Crippen molar-refractivity contribution < 1.29 is 19.5 Å². The standard InChI is InChI=1S/C14H11N3O4/c18-11-4-2-9(13(19)17-11)12-15-6-8-5-7(14(20)21)1-3-10(8)16-12/h1,3,5-6,9H,2,4H2,(H,20,21)(H,17,18,19). The molecule has 1 unspecified atom stereocenters. The molecule has 7 nitrogen and oxygen atoms in total. The van der Waals surface area contributed by atoms with E-state index in [1.807, 2.05) is 0 Å². The van der Waals surface area contributed by atoms with Crippen molar-refractivity contribution >= 4 is 28.7 Å². The molecule has 1 saturated heterocycles. The lowest BCUT2D eigenvalue weighted by Crippen LogP contribution is -2.40. The van der Waals surface area contributed by atoms with Crippen LogP contribution >= 0.6 is 0 Å². The predicted octanol–water partition coefficient (Wildman–Crippen LogP) is 0.848. The minimum absolute atomic E-state index is 0.153. The van der Waals surface area contributed by atoms with E-state index in [0.29, 0.717) is 23.1 Å². The third-order valence-corrected chi connectivity index (χ3v) is 3.40. The maximum Gasteiger partial charge on any atom is 0.335 e. The smallest absolute Gasteiger partial charge is 0.335 e. The van der Waals surface area contributed by atoms with Crippen LogP contribution in [0.15, 0.2) is 24.4 Å². The molecule has 2 aromatic rings. The molecule has 21 heavy (non-hydrogen) atoms. The number of rotatable bonds is 2. The molecule has 1 aliphatic rings. The Hall–Kier alpha value is -2.83. The van der Waals surface area contributed by atoms with E-state index < -0.39 is 17.8 Å². The number of hydrogen-bond acceptors (Lipinski definition) is 5. The first-order chi connectivity index (χ1) is 10.0. The Labute approximate surface area is 119 Å². The van der Waals surface area contributed by atoms with Gasteiger partial charge in [-0.2, -0.15) is 0 Å². The number of carboxylic acids is 1. The summed E-state index contributed by atoms with van der Waals surface area (Å²) in [5.74, 6) is -1.91. The topological polar surface area (TPSA) is 109 Å². The van der Waals surface area contributed by atoms with Crippen molar-refractivity contribution in [3.63, 3.8) is 0 Å². The number of fused-ring (bicyclic) bond motifs is 1. The van der Waals surface area contributed by atoms with E-state index in [9.17, 15) is 14.4 Å². The van der Waals surface area contributed by atoms with Gasteiger partial charge in [0, 0.05) is 18.0 Å². The van der Waals surface area contributed by atoms with Gasteiger partial charge >= 0.3 is 5.97 Å². The first-order valence-corrected chi connectivity index (χ1v) is 6.38. The molecule has 1 aromatic heterocycles. The van der Waals surface area contributed by atoms with E-state index in [-0.39, 0.29) is 17.9 Å². The van der Waals surface area contributed by atoms with Crippen molar-refractivity contribution in [3.8, 4) is 0 Å². The SMILES string of the molecule is O=C1CCC(c2ncc3cc(C(=O)O)ccc3n2)C(=O)N1. The molecule has 7 heteroatoms. The van der Waals surface area contributed by atoms with Crippen LogP contribution in [0.5, 0.6) is 0 Å². The number of nitrogens with zero attached hydrogens (tertiary/aromatic N) is 2. The zero-order chi connectivity index (χ0) is 15.0. The number of amides is 2. The van der Waals surface area contributed by atoms with Crippen LogP contribution in [0.2, 0.25) is 0 Å². The molecule has 2 heterocycles. The summed E-state index contributed by atoms with van der Waals surface area (Å²) >= 11 is 0. The number of aromatic nitrogens is 2. The second-order valence-electron chi connectivity index (χ2n) is 4.81. The molecule has 1 fully saturated rings. The van der Waals surface area contributed by atoms with Gasteiger partial charge in [-0.3, -0.25) is 14.9 Å². The van der Waals surface area contributed by atoms with Crippen molar-refractivity contribution in [1.82, 2.24) is 15.3 Å². The average molecular weight is 285 g/mol. The number of carbonyl (C=O) groups excluding carboxylic acids is 2. The number of nitrogens with one attached hydrogen (secondary N) is 1. The lowest BCUT2D eigenvalue weighted by atomic mass is 9.97. The van der Waals surface area contributed by atoms with Gasteiger partial charge in [-0.05, 0) is 24.6 Å². The summed E-state index contributed by atoms with van der Waals surface area (Å²) in [6, 6.07) is 4.51. The number of benzene rings is 1. The van der Waals surface area contributed by atoms with E-state index in [4.69, 9.17) is 5.11 Å². The number of hydrogen-bond donors (Lipinski definition) is 2. The van der Waals surface area contributed by atoms with Gasteiger partial charge in [-0.25, -0.2) is 14.8 Å². The zero-order valence-electron chi connectivity index (χ0n) is 10.9. The molecule has 1 atom stereocenters. The number of carbonyl (C=O) groups is 3. The Morgan fingerprint density at radius 2 is 2.14 bits per heavy atom. The molecular weight excluding hydrogens is 274 g/mol. The summed E-state index contributed by atoms with van der Waals surface area (Å²) in [4.78, 5) is 42.3. The lowest BCUT2D eigenvalue weighted by Gasteiger charge is -2.19. The fourth-order valence-electron chi connectivity index (χ4n) is 2.29. The monoisotopic (exact) mass is 285 g/mol. The van der Waals surface area contributed by atoms with Crippen LogP contribution in [0.4, 0.5) is 0 Å². The summed E-state index contributed by atoms with van der Waals surface area (Å²) in [5.41, 5.74) is 0.717. The van der Waals surface area contributed by atoms with E-state index in [2.05, 4.69) is 15.3 Å². The van der Waals surface area contributed by atoms with E-state index in [0.717, 1.165) is 0 Å². The van der Waals surface area contributed by atoms with Crippen LogP contribution in [-0.2, 0) is 9.59 Å². The lowest BCUT2D eigenvalue weighted by molar-refractivity contribution is -0.134. The first-order valence-electron chi connectivity index (χ1n) is 6.38. The summed E-state index contributed by atoms with van der Waals surface area (Å²) in [5, 5.41) is 11.8. The maximum absolute atomic E-state index is 11.8. The van der Waals surface area contributed by atoms with Crippen molar-refractivity contribution in [2.24, 2.45) is 0 Å². The molecule has 0 saturated carbocycles. The van der Waals surface area contributed by atoms with Gasteiger partial charge in [0.25, 0.3) is 0 Å². The Morgan fingerprint density at radius 1 is 1.33 bits per heavy atom. The minimum Gasteiger partial charge on any atom is -0.478 e. The van der Waals surface area contributed by atoms with Crippen molar-refractivity contribution in [2.75, 3.05) is 0 Å². The summed E-state index contributed by atoms with van der Waals surface area (Å²) in [6.45, 7) is 0. The van der Waals surface area contributed by atoms with Crippen LogP contribution in [0.1, 0.15) is 34.9 Å². The predicted molar refractivity (Wildman–Crippen MR) is 71.6 cm³/mol. The highest BCUT2D eigenvalue weighted by atomic mass is 16.4. The minimum atomic E-state index is -1.02. The van der Waals surface area contributed by atoms with Crippen molar-refractivity contribution in [1.29, 1.82) is 0 Å². The summed E-state index contributed by atoms with van der Waals surface area (Å²) in [6.07, 6.45) is 2.13. The Kier molecular flexibility index (Phi) is 3.09. The molecule has 2 amide bonds. The Bertz CT molecular complexity index is 772. The molecule has 2 N–H and O–H groups in total. The van der Waals surface area contributed by atoms with Gasteiger partial charge in [0.05, 0.1) is 17.0 Å². The van der Waals surface area contributed by atoms with Crippen LogP contribution in [0.3, 0.4) is 0 Å². The molecule has 106 valence electrons. The largest absolute Gasteiger partial charge is 0.478 e. The highest BCUT2D eigenvalue weighted by Crippen LogP contribution is 2.23. The van der Waals surface area contributed by atoms with Gasteiger partial charge in [-0.15, -0.1) is 0 Å². The second-order valence-corrected chi connectivity index (χ2v) is 4.81. The van der Waals surface area contributed by atoms with Crippen LogP contribution in [0, 0.1) is 0 Å². The van der Waals surface area contributed by atoms with Crippen molar-refractivity contribution in [2.45, 2.75) is 18.8 Å². The fraction of sp³-hybridized carbons (Fsp3) is 0.214. The number of piperidine rings is 1. The molecule has 1 aromatic carbocycles. The average Bonchev–Trinajstić information content (AvgIpc) is 2.46. The normalized spacial score (nSPS) is 18.6. The highest BCUT2D eigenvalue weighted by Gasteiger charge is 2.30. The van der Waals surface area contributed by atoms with Crippen molar-refractivity contribution in [3.05, 3.63) is 35.8 Å². The summed E-state index contributed by atoms with van der Waals surface area (Å²) in [7, 11) is 0. The molecule has 0 radical (unpaired) electrons. The second kappa shape index (κ2) is 4.93. The Balaban J connectivity index is 1.98. The van der Waals surface area contributed by atoms with Gasteiger partial charge < -0.3 is 5.11 Å². The number of aromatic carboxylic acids is 1. The van der Waals surface area contributed by atoms with Gasteiger partial charge in [-0.1, -0.05) is 0 Å². The van der Waals surface area contributed by atoms with E-state index >= 15 is 0 Å². The van der Waals surface area contributed by atoms with Crippen LogP contribution in [0.25, 0.3) is 10.9 Å². The molecular formula is C14H11N3O4.